The Hall–Kier alpha value is -1.71. The maximum Gasteiger partial charge on any atom is 0.274 e. The second-order valence-electron chi connectivity index (χ2n) is 4.48. The van der Waals surface area contributed by atoms with Gasteiger partial charge in [-0.1, -0.05) is 19.9 Å². The Labute approximate surface area is 93.7 Å². The fourth-order valence-corrected chi connectivity index (χ4v) is 1.99. The topological polar surface area (TPSA) is 47.2 Å². The quantitative estimate of drug-likeness (QED) is 0.837. The molecule has 16 heavy (non-hydrogen) atoms. The van der Waals surface area contributed by atoms with Crippen molar-refractivity contribution in [3.05, 3.63) is 28.6 Å². The number of para-hydroxylation sites is 1. The molecule has 0 fully saturated rings. The van der Waals surface area contributed by atoms with E-state index < -0.39 is 0 Å². The standard InChI is InChI=1S/C12H16N2O2/c1-8(2)7-14-12(16)9-5-4-6-10(15)11(9)13(14)3/h4-6,8,15H,7H2,1-3H3. The van der Waals surface area contributed by atoms with Gasteiger partial charge in [-0.15, -0.1) is 0 Å². The summed E-state index contributed by atoms with van der Waals surface area (Å²) in [4.78, 5) is 12.1. The molecule has 0 saturated heterocycles. The van der Waals surface area contributed by atoms with Gasteiger partial charge >= 0.3 is 0 Å². The summed E-state index contributed by atoms with van der Waals surface area (Å²) >= 11 is 0. The molecular formula is C12H16N2O2. The molecule has 1 aromatic heterocycles. The van der Waals surface area contributed by atoms with E-state index in [0.717, 1.165) is 0 Å². The first kappa shape index (κ1) is 10.8. The Morgan fingerprint density at radius 2 is 2.06 bits per heavy atom. The van der Waals surface area contributed by atoms with Crippen molar-refractivity contribution in [2.45, 2.75) is 20.4 Å². The molecule has 0 bridgehead atoms. The van der Waals surface area contributed by atoms with Crippen LogP contribution in [0.3, 0.4) is 0 Å². The summed E-state index contributed by atoms with van der Waals surface area (Å²) in [5.74, 6) is 0.544. The molecular weight excluding hydrogens is 204 g/mol. The lowest BCUT2D eigenvalue weighted by molar-refractivity contribution is 0.419. The number of fused-ring (bicyclic) bond motifs is 1. The normalized spacial score (nSPS) is 11.5. The first-order valence-electron chi connectivity index (χ1n) is 5.40. The van der Waals surface area contributed by atoms with Crippen LogP contribution in [-0.2, 0) is 13.6 Å². The van der Waals surface area contributed by atoms with Gasteiger partial charge in [-0.3, -0.25) is 9.48 Å². The third-order valence-corrected chi connectivity index (χ3v) is 2.70. The third-order valence-electron chi connectivity index (χ3n) is 2.70. The average Bonchev–Trinajstić information content (AvgIpc) is 2.44. The Morgan fingerprint density at radius 1 is 1.38 bits per heavy atom. The van der Waals surface area contributed by atoms with Crippen molar-refractivity contribution in [1.82, 2.24) is 9.36 Å². The summed E-state index contributed by atoms with van der Waals surface area (Å²) < 4.78 is 3.39. The van der Waals surface area contributed by atoms with E-state index in [2.05, 4.69) is 13.8 Å². The van der Waals surface area contributed by atoms with Crippen molar-refractivity contribution in [2.24, 2.45) is 13.0 Å². The fraction of sp³-hybridized carbons (Fsp3) is 0.417. The maximum absolute atomic E-state index is 12.1. The van der Waals surface area contributed by atoms with E-state index in [0.29, 0.717) is 23.4 Å². The molecule has 1 heterocycles. The van der Waals surface area contributed by atoms with Gasteiger partial charge in [-0.05, 0) is 18.1 Å². The van der Waals surface area contributed by atoms with Crippen LogP contribution in [0.1, 0.15) is 13.8 Å². The summed E-state index contributed by atoms with van der Waals surface area (Å²) in [7, 11) is 1.80. The van der Waals surface area contributed by atoms with Crippen LogP contribution < -0.4 is 5.56 Å². The van der Waals surface area contributed by atoms with Crippen LogP contribution in [0.25, 0.3) is 10.9 Å². The number of aromatic hydroxyl groups is 1. The monoisotopic (exact) mass is 220 g/mol. The summed E-state index contributed by atoms with van der Waals surface area (Å²) in [5, 5.41) is 10.3. The van der Waals surface area contributed by atoms with Crippen molar-refractivity contribution in [1.29, 1.82) is 0 Å². The second-order valence-corrected chi connectivity index (χ2v) is 4.48. The molecule has 1 N–H and O–H groups in total. The minimum Gasteiger partial charge on any atom is -0.506 e. The molecule has 0 saturated carbocycles. The number of aromatic nitrogens is 2. The van der Waals surface area contributed by atoms with Crippen LogP contribution in [0, 0.1) is 5.92 Å². The highest BCUT2D eigenvalue weighted by atomic mass is 16.3. The smallest absolute Gasteiger partial charge is 0.274 e. The van der Waals surface area contributed by atoms with Gasteiger partial charge in [-0.25, -0.2) is 4.68 Å². The fourth-order valence-electron chi connectivity index (χ4n) is 1.99. The van der Waals surface area contributed by atoms with Crippen LogP contribution >= 0.6 is 0 Å². The van der Waals surface area contributed by atoms with Gasteiger partial charge in [0, 0.05) is 13.6 Å². The third kappa shape index (κ3) is 1.50. The Balaban J connectivity index is 2.77. The molecule has 4 nitrogen and oxygen atoms in total. The first-order valence-corrected chi connectivity index (χ1v) is 5.40. The van der Waals surface area contributed by atoms with E-state index in [1.54, 1.807) is 34.6 Å². The Kier molecular flexibility index (Phi) is 2.50. The van der Waals surface area contributed by atoms with E-state index in [4.69, 9.17) is 0 Å². The number of hydrogen-bond donors (Lipinski definition) is 1. The predicted octanol–water partition coefficient (Wildman–Crippen LogP) is 1.70. The number of aryl methyl sites for hydroxylation is 1. The maximum atomic E-state index is 12.1. The van der Waals surface area contributed by atoms with Gasteiger partial charge in [0.2, 0.25) is 0 Å². The van der Waals surface area contributed by atoms with Gasteiger partial charge < -0.3 is 5.11 Å². The molecule has 2 aromatic rings. The molecule has 0 aliphatic carbocycles. The van der Waals surface area contributed by atoms with Crippen LogP contribution in [0.5, 0.6) is 5.75 Å². The number of benzene rings is 1. The molecule has 0 amide bonds. The molecule has 1 aromatic carbocycles. The Morgan fingerprint density at radius 3 is 2.62 bits per heavy atom. The molecule has 4 heteroatoms. The lowest BCUT2D eigenvalue weighted by Gasteiger charge is -2.10. The summed E-state index contributed by atoms with van der Waals surface area (Å²) in [6.07, 6.45) is 0. The summed E-state index contributed by atoms with van der Waals surface area (Å²) in [6, 6.07) is 5.04. The van der Waals surface area contributed by atoms with E-state index in [9.17, 15) is 9.90 Å². The molecule has 0 radical (unpaired) electrons. The molecule has 0 unspecified atom stereocenters. The minimum atomic E-state index is -0.0397. The zero-order valence-corrected chi connectivity index (χ0v) is 9.77. The highest BCUT2D eigenvalue weighted by molar-refractivity contribution is 5.84. The van der Waals surface area contributed by atoms with Crippen molar-refractivity contribution >= 4 is 10.9 Å². The largest absolute Gasteiger partial charge is 0.506 e. The van der Waals surface area contributed by atoms with E-state index in [-0.39, 0.29) is 11.3 Å². The van der Waals surface area contributed by atoms with Gasteiger partial charge in [0.1, 0.15) is 11.3 Å². The molecule has 0 spiro atoms. The lowest BCUT2D eigenvalue weighted by atomic mass is 10.2. The number of rotatable bonds is 2. The molecule has 0 aliphatic heterocycles. The van der Waals surface area contributed by atoms with E-state index in [1.807, 2.05) is 0 Å². The van der Waals surface area contributed by atoms with Crippen LogP contribution in [0.2, 0.25) is 0 Å². The van der Waals surface area contributed by atoms with Crippen molar-refractivity contribution < 1.29 is 5.11 Å². The van der Waals surface area contributed by atoms with E-state index in [1.165, 1.54) is 0 Å². The van der Waals surface area contributed by atoms with Crippen molar-refractivity contribution in [2.75, 3.05) is 0 Å². The number of phenolic OH excluding ortho intramolecular Hbond substituents is 1. The number of nitrogens with zero attached hydrogens (tertiary/aromatic N) is 2. The zero-order valence-electron chi connectivity index (χ0n) is 9.77. The predicted molar refractivity (Wildman–Crippen MR) is 63.7 cm³/mol. The number of hydrogen-bond acceptors (Lipinski definition) is 2. The highest BCUT2D eigenvalue weighted by Gasteiger charge is 2.13. The molecule has 0 aliphatic rings. The van der Waals surface area contributed by atoms with E-state index >= 15 is 0 Å². The number of phenols is 1. The van der Waals surface area contributed by atoms with Crippen molar-refractivity contribution in [3.63, 3.8) is 0 Å². The van der Waals surface area contributed by atoms with Crippen LogP contribution in [-0.4, -0.2) is 14.5 Å². The molecule has 0 atom stereocenters. The Bertz CT molecular complexity index is 578. The first-order chi connectivity index (χ1) is 7.52. The minimum absolute atomic E-state index is 0.0397. The van der Waals surface area contributed by atoms with Gasteiger partial charge in [0.15, 0.2) is 0 Å². The zero-order chi connectivity index (χ0) is 11.9. The summed E-state index contributed by atoms with van der Waals surface area (Å²) in [6.45, 7) is 4.78. The van der Waals surface area contributed by atoms with Crippen LogP contribution in [0.15, 0.2) is 23.0 Å². The highest BCUT2D eigenvalue weighted by Crippen LogP contribution is 2.21. The average molecular weight is 220 g/mol. The van der Waals surface area contributed by atoms with Gasteiger partial charge in [-0.2, -0.15) is 0 Å². The van der Waals surface area contributed by atoms with Gasteiger partial charge in [0.25, 0.3) is 5.56 Å². The molecule has 86 valence electrons. The van der Waals surface area contributed by atoms with Crippen molar-refractivity contribution in [3.8, 4) is 5.75 Å². The molecule has 2 rings (SSSR count). The van der Waals surface area contributed by atoms with Crippen LogP contribution in [0.4, 0.5) is 0 Å². The van der Waals surface area contributed by atoms with Gasteiger partial charge in [0.05, 0.1) is 5.39 Å². The second kappa shape index (κ2) is 3.70. The summed E-state index contributed by atoms with van der Waals surface area (Å²) in [5.41, 5.74) is 0.565. The lowest BCUT2D eigenvalue weighted by Crippen LogP contribution is -2.23. The SMILES string of the molecule is CC(C)Cn1c(=O)c2cccc(O)c2n1C.